The molecular formula is C20H27N5O5S2. The molecule has 32 heavy (non-hydrogen) atoms. The van der Waals surface area contributed by atoms with E-state index in [1.165, 1.54) is 28.6 Å². The number of carbonyl (C=O) groups excluding carboxylic acids is 1. The zero-order chi connectivity index (χ0) is 22.9. The summed E-state index contributed by atoms with van der Waals surface area (Å²) >= 11 is 0. The molecule has 1 aliphatic heterocycles. The average Bonchev–Trinajstić information content (AvgIpc) is 3.47. The van der Waals surface area contributed by atoms with Crippen molar-refractivity contribution in [3.8, 4) is 0 Å². The van der Waals surface area contributed by atoms with Gasteiger partial charge >= 0.3 is 0 Å². The fourth-order valence-corrected chi connectivity index (χ4v) is 6.41. The molecule has 2 heterocycles. The molecule has 1 aromatic heterocycles. The van der Waals surface area contributed by atoms with E-state index in [1.54, 1.807) is 17.1 Å². The zero-order valence-corrected chi connectivity index (χ0v) is 19.4. The van der Waals surface area contributed by atoms with Gasteiger partial charge in [0.15, 0.2) is 0 Å². The Hall–Kier alpha value is -2.28. The number of hydrogen-bond acceptors (Lipinski definition) is 6. The van der Waals surface area contributed by atoms with Gasteiger partial charge in [-0.15, -0.1) is 0 Å². The Kier molecular flexibility index (Phi) is 6.39. The maximum absolute atomic E-state index is 13.0. The van der Waals surface area contributed by atoms with Crippen molar-refractivity contribution in [3.05, 3.63) is 36.7 Å². The van der Waals surface area contributed by atoms with Crippen LogP contribution in [0.1, 0.15) is 32.6 Å². The van der Waals surface area contributed by atoms with Crippen LogP contribution in [0.25, 0.3) is 0 Å². The summed E-state index contributed by atoms with van der Waals surface area (Å²) in [6.45, 7) is 3.10. The van der Waals surface area contributed by atoms with E-state index in [-0.39, 0.29) is 40.7 Å². The second-order valence-corrected chi connectivity index (χ2v) is 11.8. The predicted octanol–water partition coefficient (Wildman–Crippen LogP) is 1.38. The molecule has 2 N–H and O–H groups in total. The summed E-state index contributed by atoms with van der Waals surface area (Å²) in [6, 6.07) is 5.24. The van der Waals surface area contributed by atoms with Crippen molar-refractivity contribution in [2.24, 2.45) is 5.92 Å². The van der Waals surface area contributed by atoms with Gasteiger partial charge in [-0.25, -0.2) is 21.6 Å². The van der Waals surface area contributed by atoms with Crippen LogP contribution < -0.4 is 10.0 Å². The number of hydrogen-bond donors (Lipinski definition) is 2. The van der Waals surface area contributed by atoms with E-state index in [4.69, 9.17) is 0 Å². The third kappa shape index (κ3) is 5.03. The summed E-state index contributed by atoms with van der Waals surface area (Å²) in [4.78, 5) is 12.6. The molecule has 1 aromatic carbocycles. The lowest BCUT2D eigenvalue weighted by Crippen LogP contribution is -2.41. The number of aryl methyl sites for hydroxylation is 1. The Morgan fingerprint density at radius 2 is 1.66 bits per heavy atom. The Bertz CT molecular complexity index is 1180. The van der Waals surface area contributed by atoms with Gasteiger partial charge in [-0.05, 0) is 56.9 Å². The molecule has 12 heteroatoms. The second-order valence-electron chi connectivity index (χ2n) is 8.12. The maximum Gasteiger partial charge on any atom is 0.243 e. The van der Waals surface area contributed by atoms with E-state index < -0.39 is 20.0 Å². The number of piperidine rings is 1. The molecule has 4 rings (SSSR count). The maximum atomic E-state index is 13.0. The lowest BCUT2D eigenvalue weighted by atomic mass is 9.97. The Morgan fingerprint density at radius 1 is 1.03 bits per heavy atom. The molecular weight excluding hydrogens is 454 g/mol. The molecule has 0 unspecified atom stereocenters. The van der Waals surface area contributed by atoms with Crippen molar-refractivity contribution in [1.82, 2.24) is 18.8 Å². The van der Waals surface area contributed by atoms with Gasteiger partial charge in [0.1, 0.15) is 0 Å². The SMILES string of the molecule is CCn1cc(NC(=O)C2CCN(S(=O)(=O)c3ccc(S(=O)(=O)NC4CC4)cc3)CC2)cn1. The number of aromatic nitrogens is 2. The fourth-order valence-electron chi connectivity index (χ4n) is 3.63. The van der Waals surface area contributed by atoms with Crippen LogP contribution in [0.15, 0.2) is 46.5 Å². The van der Waals surface area contributed by atoms with Crippen LogP contribution in [0, 0.1) is 5.92 Å². The number of amides is 1. The molecule has 174 valence electrons. The van der Waals surface area contributed by atoms with Gasteiger partial charge in [0.2, 0.25) is 26.0 Å². The quantitative estimate of drug-likeness (QED) is 0.586. The number of benzene rings is 1. The van der Waals surface area contributed by atoms with E-state index in [0.717, 1.165) is 12.8 Å². The summed E-state index contributed by atoms with van der Waals surface area (Å²) in [6.07, 6.45) is 5.80. The highest BCUT2D eigenvalue weighted by Gasteiger charge is 2.33. The summed E-state index contributed by atoms with van der Waals surface area (Å²) in [5, 5.41) is 6.96. The molecule has 10 nitrogen and oxygen atoms in total. The van der Waals surface area contributed by atoms with Crippen molar-refractivity contribution in [2.45, 2.75) is 55.0 Å². The molecule has 1 saturated heterocycles. The normalized spacial score (nSPS) is 18.5. The smallest absolute Gasteiger partial charge is 0.243 e. The van der Waals surface area contributed by atoms with E-state index in [1.807, 2.05) is 6.92 Å². The fraction of sp³-hybridized carbons (Fsp3) is 0.500. The minimum atomic E-state index is -3.77. The van der Waals surface area contributed by atoms with Crippen LogP contribution in [0.4, 0.5) is 5.69 Å². The zero-order valence-electron chi connectivity index (χ0n) is 17.8. The predicted molar refractivity (Wildman–Crippen MR) is 118 cm³/mol. The van der Waals surface area contributed by atoms with Gasteiger partial charge in [0.25, 0.3) is 0 Å². The summed E-state index contributed by atoms with van der Waals surface area (Å²) in [5.41, 5.74) is 0.623. The average molecular weight is 482 g/mol. The number of nitrogens with one attached hydrogen (secondary N) is 2. The van der Waals surface area contributed by atoms with Crippen molar-refractivity contribution in [2.75, 3.05) is 18.4 Å². The molecule has 1 aliphatic carbocycles. The monoisotopic (exact) mass is 481 g/mol. The van der Waals surface area contributed by atoms with E-state index in [9.17, 15) is 21.6 Å². The third-order valence-corrected chi connectivity index (χ3v) is 9.17. The van der Waals surface area contributed by atoms with Gasteiger partial charge < -0.3 is 5.32 Å². The van der Waals surface area contributed by atoms with Crippen LogP contribution in [0.3, 0.4) is 0 Å². The largest absolute Gasteiger partial charge is 0.323 e. The van der Waals surface area contributed by atoms with Gasteiger partial charge in [-0.3, -0.25) is 9.48 Å². The lowest BCUT2D eigenvalue weighted by molar-refractivity contribution is -0.120. The second kappa shape index (κ2) is 8.93. The third-order valence-electron chi connectivity index (χ3n) is 5.72. The van der Waals surface area contributed by atoms with E-state index >= 15 is 0 Å². The topological polar surface area (TPSA) is 130 Å². The highest BCUT2D eigenvalue weighted by molar-refractivity contribution is 7.89. The van der Waals surface area contributed by atoms with E-state index in [2.05, 4.69) is 15.1 Å². The standard InChI is InChI=1S/C20H27N5O5S2/c1-2-24-14-17(13-21-24)22-20(26)15-9-11-25(12-10-15)32(29,30)19-7-5-18(6-8-19)31(27,28)23-16-3-4-16/h5-8,13-16,23H,2-4,9-12H2,1H3,(H,22,26). The summed E-state index contributed by atoms with van der Waals surface area (Å²) < 4.78 is 56.2. The van der Waals surface area contributed by atoms with Gasteiger partial charge in [0, 0.05) is 37.8 Å². The number of anilines is 1. The molecule has 1 amide bonds. The van der Waals surface area contributed by atoms with Crippen molar-refractivity contribution in [1.29, 1.82) is 0 Å². The van der Waals surface area contributed by atoms with Crippen LogP contribution in [0.2, 0.25) is 0 Å². The van der Waals surface area contributed by atoms with Crippen LogP contribution >= 0.6 is 0 Å². The molecule has 2 aliphatic rings. The minimum Gasteiger partial charge on any atom is -0.323 e. The van der Waals surface area contributed by atoms with Crippen LogP contribution in [-0.2, 0) is 31.4 Å². The Morgan fingerprint density at radius 3 is 2.22 bits per heavy atom. The number of sulfonamides is 2. The van der Waals surface area contributed by atoms with Gasteiger partial charge in [0.05, 0.1) is 21.7 Å². The molecule has 0 spiro atoms. The van der Waals surface area contributed by atoms with Crippen LogP contribution in [-0.4, -0.2) is 56.0 Å². The first-order chi connectivity index (χ1) is 15.2. The summed E-state index contributed by atoms with van der Waals surface area (Å²) in [7, 11) is -7.41. The molecule has 0 radical (unpaired) electrons. The first-order valence-corrected chi connectivity index (χ1v) is 13.6. The molecule has 2 aromatic rings. The van der Waals surface area contributed by atoms with Gasteiger partial charge in [-0.2, -0.15) is 9.40 Å². The molecule has 1 saturated carbocycles. The van der Waals surface area contributed by atoms with Crippen LogP contribution in [0.5, 0.6) is 0 Å². The highest BCUT2D eigenvalue weighted by atomic mass is 32.2. The molecule has 2 fully saturated rings. The Balaban J connectivity index is 1.36. The molecule has 0 atom stereocenters. The molecule has 0 bridgehead atoms. The minimum absolute atomic E-state index is 0.0234. The number of carbonyl (C=O) groups is 1. The van der Waals surface area contributed by atoms with E-state index in [0.29, 0.717) is 25.1 Å². The van der Waals surface area contributed by atoms with Crippen molar-refractivity contribution < 1.29 is 21.6 Å². The lowest BCUT2D eigenvalue weighted by Gasteiger charge is -2.30. The number of nitrogens with zero attached hydrogens (tertiary/aromatic N) is 3. The van der Waals surface area contributed by atoms with Gasteiger partial charge in [-0.1, -0.05) is 0 Å². The summed E-state index contributed by atoms with van der Waals surface area (Å²) in [5.74, 6) is -0.428. The number of rotatable bonds is 8. The Labute approximate surface area is 188 Å². The highest BCUT2D eigenvalue weighted by Crippen LogP contribution is 2.26. The van der Waals surface area contributed by atoms with Crippen molar-refractivity contribution >= 4 is 31.6 Å². The van der Waals surface area contributed by atoms with Crippen molar-refractivity contribution in [3.63, 3.8) is 0 Å². The first-order valence-electron chi connectivity index (χ1n) is 10.6. The first kappa shape index (κ1) is 22.9.